The van der Waals surface area contributed by atoms with Crippen LogP contribution in [0.25, 0.3) is 0 Å². The molecule has 1 atom stereocenters. The SMILES string of the molecule is C/C1=C/CC(S)c2[nH]c(=O)ccc2CC1. The average molecular weight is 221 g/mol. The molecule has 0 saturated heterocycles. The van der Waals surface area contributed by atoms with Crippen molar-refractivity contribution >= 4 is 12.6 Å². The lowest BCUT2D eigenvalue weighted by Crippen LogP contribution is -2.12. The lowest BCUT2D eigenvalue weighted by molar-refractivity contribution is 0.812. The van der Waals surface area contributed by atoms with Gasteiger partial charge in [0.2, 0.25) is 5.56 Å². The summed E-state index contributed by atoms with van der Waals surface area (Å²) in [4.78, 5) is 14.1. The fraction of sp³-hybridized carbons (Fsp3) is 0.417. The molecule has 2 rings (SSSR count). The number of aryl methyl sites for hydroxylation is 1. The van der Waals surface area contributed by atoms with Crippen molar-refractivity contribution in [3.63, 3.8) is 0 Å². The number of rotatable bonds is 0. The second-order valence-electron chi connectivity index (χ2n) is 4.06. The van der Waals surface area contributed by atoms with Crippen LogP contribution in [0.5, 0.6) is 0 Å². The van der Waals surface area contributed by atoms with Gasteiger partial charge in [0.15, 0.2) is 0 Å². The molecular formula is C12H15NOS. The molecule has 0 radical (unpaired) electrons. The first-order valence-corrected chi connectivity index (χ1v) is 5.74. The fourth-order valence-electron chi connectivity index (χ4n) is 1.90. The Kier molecular flexibility index (Phi) is 3.00. The molecule has 0 aromatic carbocycles. The second-order valence-corrected chi connectivity index (χ2v) is 4.69. The number of fused-ring (bicyclic) bond motifs is 1. The van der Waals surface area contributed by atoms with Crippen LogP contribution >= 0.6 is 12.6 Å². The summed E-state index contributed by atoms with van der Waals surface area (Å²) in [5, 5.41) is 0.115. The molecule has 0 aliphatic heterocycles. The molecule has 1 unspecified atom stereocenters. The highest BCUT2D eigenvalue weighted by Gasteiger charge is 2.14. The quantitative estimate of drug-likeness (QED) is 0.512. The van der Waals surface area contributed by atoms with E-state index in [0.717, 1.165) is 25.0 Å². The summed E-state index contributed by atoms with van der Waals surface area (Å²) in [5.41, 5.74) is 3.59. The van der Waals surface area contributed by atoms with E-state index in [2.05, 4.69) is 30.6 Å². The van der Waals surface area contributed by atoms with Crippen LogP contribution in [0.15, 0.2) is 28.6 Å². The molecule has 0 fully saturated rings. The number of hydrogen-bond donors (Lipinski definition) is 2. The molecule has 1 aromatic heterocycles. The van der Waals surface area contributed by atoms with Gasteiger partial charge in [-0.05, 0) is 31.7 Å². The summed E-state index contributed by atoms with van der Waals surface area (Å²) in [6, 6.07) is 3.52. The summed E-state index contributed by atoms with van der Waals surface area (Å²) >= 11 is 4.53. The molecule has 1 aromatic rings. The number of aromatic nitrogens is 1. The highest BCUT2D eigenvalue weighted by Crippen LogP contribution is 2.28. The van der Waals surface area contributed by atoms with Crippen LogP contribution in [-0.2, 0) is 6.42 Å². The molecule has 2 nitrogen and oxygen atoms in total. The number of pyridine rings is 1. The average Bonchev–Trinajstić information content (AvgIpc) is 2.22. The monoisotopic (exact) mass is 221 g/mol. The minimum Gasteiger partial charge on any atom is -0.325 e. The summed E-state index contributed by atoms with van der Waals surface area (Å²) in [6.07, 6.45) is 5.17. The highest BCUT2D eigenvalue weighted by atomic mass is 32.1. The Balaban J connectivity index is 2.43. The molecule has 0 amide bonds. The van der Waals surface area contributed by atoms with E-state index in [1.54, 1.807) is 6.07 Å². The number of aromatic amines is 1. The van der Waals surface area contributed by atoms with Crippen LogP contribution in [0.3, 0.4) is 0 Å². The van der Waals surface area contributed by atoms with Crippen LogP contribution in [-0.4, -0.2) is 4.98 Å². The predicted molar refractivity (Wildman–Crippen MR) is 65.5 cm³/mol. The number of allylic oxidation sites excluding steroid dienone is 2. The maximum atomic E-state index is 11.2. The van der Waals surface area contributed by atoms with Gasteiger partial charge in [0.25, 0.3) is 0 Å². The smallest absolute Gasteiger partial charge is 0.248 e. The standard InChI is InChI=1S/C12H15NOS/c1-8-2-4-9-5-7-11(14)13-12(9)10(15)6-3-8/h3,5,7,10,15H,2,4,6H2,1H3,(H,13,14)/b8-3-. The van der Waals surface area contributed by atoms with Gasteiger partial charge in [0, 0.05) is 17.0 Å². The van der Waals surface area contributed by atoms with Crippen LogP contribution in [0.1, 0.15) is 36.3 Å². The Morgan fingerprint density at radius 1 is 1.40 bits per heavy atom. The van der Waals surface area contributed by atoms with Crippen LogP contribution in [0.4, 0.5) is 0 Å². The molecule has 1 N–H and O–H groups in total. The Bertz CT molecular complexity index is 447. The molecule has 0 saturated carbocycles. The van der Waals surface area contributed by atoms with Crippen molar-refractivity contribution in [2.75, 3.05) is 0 Å². The van der Waals surface area contributed by atoms with E-state index in [1.807, 2.05) is 6.07 Å². The van der Waals surface area contributed by atoms with Gasteiger partial charge in [0.05, 0.1) is 0 Å². The van der Waals surface area contributed by atoms with Crippen molar-refractivity contribution in [1.29, 1.82) is 0 Å². The van der Waals surface area contributed by atoms with E-state index < -0.39 is 0 Å². The van der Waals surface area contributed by atoms with Gasteiger partial charge in [-0.25, -0.2) is 0 Å². The molecule has 15 heavy (non-hydrogen) atoms. The largest absolute Gasteiger partial charge is 0.325 e. The highest BCUT2D eigenvalue weighted by molar-refractivity contribution is 7.80. The van der Waals surface area contributed by atoms with E-state index in [9.17, 15) is 4.79 Å². The maximum absolute atomic E-state index is 11.2. The van der Waals surface area contributed by atoms with Gasteiger partial charge < -0.3 is 4.98 Å². The Morgan fingerprint density at radius 2 is 2.20 bits per heavy atom. The molecule has 3 heteroatoms. The lowest BCUT2D eigenvalue weighted by Gasteiger charge is -2.17. The van der Waals surface area contributed by atoms with E-state index in [-0.39, 0.29) is 10.8 Å². The van der Waals surface area contributed by atoms with Crippen LogP contribution in [0.2, 0.25) is 0 Å². The topological polar surface area (TPSA) is 32.9 Å². The third-order valence-corrected chi connectivity index (χ3v) is 3.32. The van der Waals surface area contributed by atoms with Crippen molar-refractivity contribution in [2.45, 2.75) is 31.4 Å². The van der Waals surface area contributed by atoms with Crippen molar-refractivity contribution in [3.8, 4) is 0 Å². The van der Waals surface area contributed by atoms with Gasteiger partial charge in [-0.15, -0.1) is 0 Å². The third kappa shape index (κ3) is 2.34. The van der Waals surface area contributed by atoms with Gasteiger partial charge in [-0.1, -0.05) is 17.7 Å². The molecule has 1 heterocycles. The van der Waals surface area contributed by atoms with E-state index >= 15 is 0 Å². The van der Waals surface area contributed by atoms with Crippen molar-refractivity contribution in [1.82, 2.24) is 4.98 Å². The predicted octanol–water partition coefficient (Wildman–Crippen LogP) is 2.63. The van der Waals surface area contributed by atoms with Gasteiger partial charge in [0.1, 0.15) is 0 Å². The van der Waals surface area contributed by atoms with Crippen LogP contribution in [0, 0.1) is 0 Å². The lowest BCUT2D eigenvalue weighted by atomic mass is 9.97. The summed E-state index contributed by atoms with van der Waals surface area (Å²) in [7, 11) is 0. The Labute approximate surface area is 94.8 Å². The number of nitrogens with one attached hydrogen (secondary N) is 1. The summed E-state index contributed by atoms with van der Waals surface area (Å²) < 4.78 is 0. The Hall–Kier alpha value is -0.960. The minimum absolute atomic E-state index is 0.0333. The molecule has 0 spiro atoms. The maximum Gasteiger partial charge on any atom is 0.248 e. The third-order valence-electron chi connectivity index (χ3n) is 2.85. The zero-order chi connectivity index (χ0) is 10.8. The molecular weight excluding hydrogens is 206 g/mol. The molecule has 1 aliphatic rings. The van der Waals surface area contributed by atoms with E-state index in [0.29, 0.717) is 0 Å². The number of hydrogen-bond acceptors (Lipinski definition) is 2. The van der Waals surface area contributed by atoms with E-state index in [1.165, 1.54) is 11.1 Å². The second kappa shape index (κ2) is 4.27. The first-order chi connectivity index (χ1) is 7.16. The normalized spacial score (nSPS) is 24.7. The Morgan fingerprint density at radius 3 is 3.00 bits per heavy atom. The van der Waals surface area contributed by atoms with Crippen molar-refractivity contribution in [2.24, 2.45) is 0 Å². The zero-order valence-corrected chi connectivity index (χ0v) is 9.68. The number of H-pyrrole nitrogens is 1. The van der Waals surface area contributed by atoms with Gasteiger partial charge in [-0.3, -0.25) is 4.79 Å². The van der Waals surface area contributed by atoms with Crippen molar-refractivity contribution < 1.29 is 0 Å². The zero-order valence-electron chi connectivity index (χ0n) is 8.79. The minimum atomic E-state index is -0.0333. The fourth-order valence-corrected chi connectivity index (χ4v) is 2.24. The summed E-state index contributed by atoms with van der Waals surface area (Å²) in [5.74, 6) is 0. The first-order valence-electron chi connectivity index (χ1n) is 5.22. The first kappa shape index (κ1) is 10.6. The van der Waals surface area contributed by atoms with Gasteiger partial charge in [-0.2, -0.15) is 12.6 Å². The van der Waals surface area contributed by atoms with Crippen molar-refractivity contribution in [3.05, 3.63) is 45.4 Å². The summed E-state index contributed by atoms with van der Waals surface area (Å²) in [6.45, 7) is 2.15. The molecule has 1 aliphatic carbocycles. The van der Waals surface area contributed by atoms with E-state index in [4.69, 9.17) is 0 Å². The van der Waals surface area contributed by atoms with Gasteiger partial charge >= 0.3 is 0 Å². The molecule has 80 valence electrons. The number of thiol groups is 1. The molecule has 0 bridgehead atoms. The van der Waals surface area contributed by atoms with Crippen LogP contribution < -0.4 is 5.56 Å².